The zero-order valence-corrected chi connectivity index (χ0v) is 8.27. The lowest BCUT2D eigenvalue weighted by molar-refractivity contribution is -0.137. The SMILES string of the molecule is COC(=O)C1=CN=C(C(=O)OC)C(=O)C1. The summed E-state index contributed by atoms with van der Waals surface area (Å²) in [7, 11) is 2.35. The van der Waals surface area contributed by atoms with E-state index in [9.17, 15) is 14.4 Å². The smallest absolute Gasteiger partial charge is 0.360 e. The van der Waals surface area contributed by atoms with Gasteiger partial charge in [-0.05, 0) is 0 Å². The Balaban J connectivity index is 2.93. The first-order valence-electron chi connectivity index (χ1n) is 4.06. The Morgan fingerprint density at radius 3 is 2.33 bits per heavy atom. The summed E-state index contributed by atoms with van der Waals surface area (Å²) in [5, 5.41) is 0. The number of Topliss-reactive ketones (excluding diaryl/α,β-unsaturated/α-hetero) is 1. The van der Waals surface area contributed by atoms with Gasteiger partial charge in [-0.2, -0.15) is 0 Å². The summed E-state index contributed by atoms with van der Waals surface area (Å²) in [4.78, 5) is 36.9. The number of ketones is 1. The molecule has 80 valence electrons. The van der Waals surface area contributed by atoms with E-state index in [-0.39, 0.29) is 17.7 Å². The fraction of sp³-hybridized carbons (Fsp3) is 0.333. The molecule has 0 spiro atoms. The third-order valence-corrected chi connectivity index (χ3v) is 1.79. The summed E-state index contributed by atoms with van der Waals surface area (Å²) < 4.78 is 8.76. The Morgan fingerprint density at radius 1 is 1.27 bits per heavy atom. The quantitative estimate of drug-likeness (QED) is 0.582. The summed E-state index contributed by atoms with van der Waals surface area (Å²) in [6.45, 7) is 0. The van der Waals surface area contributed by atoms with Crippen molar-refractivity contribution in [3.05, 3.63) is 11.8 Å². The lowest BCUT2D eigenvalue weighted by Gasteiger charge is -2.09. The van der Waals surface area contributed by atoms with Crippen LogP contribution in [-0.4, -0.2) is 37.7 Å². The van der Waals surface area contributed by atoms with E-state index in [1.54, 1.807) is 0 Å². The molecule has 0 aliphatic carbocycles. The number of carbonyl (C=O) groups is 3. The van der Waals surface area contributed by atoms with Gasteiger partial charge in [0.15, 0.2) is 11.5 Å². The molecule has 0 amide bonds. The molecule has 6 nitrogen and oxygen atoms in total. The number of hydrogen-bond donors (Lipinski definition) is 0. The fourth-order valence-electron chi connectivity index (χ4n) is 1.04. The Kier molecular flexibility index (Phi) is 3.33. The maximum Gasteiger partial charge on any atom is 0.360 e. The topological polar surface area (TPSA) is 82.0 Å². The lowest BCUT2D eigenvalue weighted by Crippen LogP contribution is -2.28. The molecule has 0 fully saturated rings. The Hall–Kier alpha value is -1.98. The molecule has 0 saturated carbocycles. The number of nitrogens with zero attached hydrogens (tertiary/aromatic N) is 1. The van der Waals surface area contributed by atoms with Crippen LogP contribution in [0.25, 0.3) is 0 Å². The fourth-order valence-corrected chi connectivity index (χ4v) is 1.04. The number of rotatable bonds is 2. The standard InChI is InChI=1S/C9H9NO5/c1-14-8(12)5-3-6(11)7(10-4-5)9(13)15-2/h4H,3H2,1-2H3. The second-order valence-corrected chi connectivity index (χ2v) is 2.72. The van der Waals surface area contributed by atoms with Crippen molar-refractivity contribution >= 4 is 23.4 Å². The van der Waals surface area contributed by atoms with Crippen LogP contribution in [0.4, 0.5) is 0 Å². The Morgan fingerprint density at radius 2 is 1.87 bits per heavy atom. The predicted molar refractivity (Wildman–Crippen MR) is 49.2 cm³/mol. The van der Waals surface area contributed by atoms with Gasteiger partial charge in [0.05, 0.1) is 19.8 Å². The molecule has 1 aliphatic heterocycles. The highest BCUT2D eigenvalue weighted by Gasteiger charge is 2.27. The van der Waals surface area contributed by atoms with Gasteiger partial charge in [0.1, 0.15) is 0 Å². The first kappa shape index (κ1) is 11.1. The van der Waals surface area contributed by atoms with Crippen LogP contribution in [0.1, 0.15) is 6.42 Å². The van der Waals surface area contributed by atoms with Gasteiger partial charge in [-0.25, -0.2) is 14.6 Å². The molecule has 0 aromatic carbocycles. The van der Waals surface area contributed by atoms with Crippen LogP contribution in [0.2, 0.25) is 0 Å². The minimum atomic E-state index is -0.805. The predicted octanol–water partition coefficient (Wildman–Crippen LogP) is -0.370. The van der Waals surface area contributed by atoms with Crippen LogP contribution < -0.4 is 0 Å². The molecule has 6 heteroatoms. The maximum atomic E-state index is 11.3. The van der Waals surface area contributed by atoms with Gasteiger partial charge < -0.3 is 9.47 Å². The van der Waals surface area contributed by atoms with Gasteiger partial charge in [-0.15, -0.1) is 0 Å². The molecule has 1 aliphatic rings. The Labute approximate surface area is 85.6 Å². The maximum absolute atomic E-state index is 11.3. The average molecular weight is 211 g/mol. The van der Waals surface area contributed by atoms with Crippen LogP contribution in [0.3, 0.4) is 0 Å². The second-order valence-electron chi connectivity index (χ2n) is 2.72. The highest BCUT2D eigenvalue weighted by atomic mass is 16.5. The van der Waals surface area contributed by atoms with E-state index in [0.29, 0.717) is 0 Å². The molecule has 0 unspecified atom stereocenters. The molecule has 0 atom stereocenters. The minimum absolute atomic E-state index is 0.121. The molecule has 0 saturated heterocycles. The van der Waals surface area contributed by atoms with Crippen molar-refractivity contribution in [3.8, 4) is 0 Å². The Bertz CT molecular complexity index is 380. The largest absolute Gasteiger partial charge is 0.466 e. The third-order valence-electron chi connectivity index (χ3n) is 1.79. The van der Waals surface area contributed by atoms with Gasteiger partial charge >= 0.3 is 11.9 Å². The number of ether oxygens (including phenoxy) is 2. The molecule has 15 heavy (non-hydrogen) atoms. The van der Waals surface area contributed by atoms with E-state index in [0.717, 1.165) is 13.3 Å². The molecule has 0 N–H and O–H groups in total. The summed E-state index contributed by atoms with van der Waals surface area (Å²) in [6.07, 6.45) is 0.945. The van der Waals surface area contributed by atoms with Crippen LogP contribution in [0.15, 0.2) is 16.8 Å². The number of carbonyl (C=O) groups excluding carboxylic acids is 3. The minimum Gasteiger partial charge on any atom is -0.466 e. The number of aliphatic imine (C=N–C) groups is 1. The molecular weight excluding hydrogens is 202 g/mol. The van der Waals surface area contributed by atoms with Crippen molar-refractivity contribution in [2.45, 2.75) is 6.42 Å². The second kappa shape index (κ2) is 4.50. The van der Waals surface area contributed by atoms with Gasteiger partial charge in [0.25, 0.3) is 0 Å². The summed E-state index contributed by atoms with van der Waals surface area (Å²) >= 11 is 0. The molecule has 0 aromatic heterocycles. The zero-order chi connectivity index (χ0) is 11.4. The van der Waals surface area contributed by atoms with E-state index in [4.69, 9.17) is 0 Å². The molecule has 1 rings (SSSR count). The van der Waals surface area contributed by atoms with E-state index < -0.39 is 17.7 Å². The van der Waals surface area contributed by atoms with Crippen LogP contribution in [-0.2, 0) is 23.9 Å². The van der Waals surface area contributed by atoms with Crippen molar-refractivity contribution < 1.29 is 23.9 Å². The number of esters is 2. The number of hydrogen-bond acceptors (Lipinski definition) is 6. The van der Waals surface area contributed by atoms with Gasteiger partial charge in [-0.3, -0.25) is 4.79 Å². The van der Waals surface area contributed by atoms with Gasteiger partial charge in [-0.1, -0.05) is 0 Å². The molecular formula is C9H9NO5. The van der Waals surface area contributed by atoms with E-state index >= 15 is 0 Å². The van der Waals surface area contributed by atoms with Crippen molar-refractivity contribution in [2.24, 2.45) is 4.99 Å². The summed E-state index contributed by atoms with van der Waals surface area (Å²) in [6, 6.07) is 0. The average Bonchev–Trinajstić information content (AvgIpc) is 2.26. The lowest BCUT2D eigenvalue weighted by atomic mass is 10.0. The first-order chi connectivity index (χ1) is 7.10. The van der Waals surface area contributed by atoms with Crippen molar-refractivity contribution in [1.82, 2.24) is 0 Å². The van der Waals surface area contributed by atoms with E-state index in [1.165, 1.54) is 7.11 Å². The molecule has 0 radical (unpaired) electrons. The summed E-state index contributed by atoms with van der Waals surface area (Å²) in [5.41, 5.74) is -0.180. The normalized spacial score (nSPS) is 15.2. The highest BCUT2D eigenvalue weighted by molar-refractivity contribution is 6.65. The summed E-state index contributed by atoms with van der Waals surface area (Å²) in [5.74, 6) is -1.99. The van der Waals surface area contributed by atoms with Crippen molar-refractivity contribution in [3.63, 3.8) is 0 Å². The van der Waals surface area contributed by atoms with E-state index in [2.05, 4.69) is 14.5 Å². The van der Waals surface area contributed by atoms with Crippen LogP contribution in [0.5, 0.6) is 0 Å². The molecule has 0 bridgehead atoms. The molecule has 1 heterocycles. The van der Waals surface area contributed by atoms with Crippen molar-refractivity contribution in [1.29, 1.82) is 0 Å². The highest BCUT2D eigenvalue weighted by Crippen LogP contribution is 2.11. The number of methoxy groups -OCH3 is 2. The zero-order valence-electron chi connectivity index (χ0n) is 8.27. The molecule has 0 aromatic rings. The van der Waals surface area contributed by atoms with Crippen LogP contribution >= 0.6 is 0 Å². The third kappa shape index (κ3) is 2.28. The van der Waals surface area contributed by atoms with Crippen molar-refractivity contribution in [2.75, 3.05) is 14.2 Å². The van der Waals surface area contributed by atoms with Crippen LogP contribution in [0, 0.1) is 0 Å². The van der Waals surface area contributed by atoms with E-state index in [1.807, 2.05) is 0 Å². The van der Waals surface area contributed by atoms with Gasteiger partial charge in [0.2, 0.25) is 0 Å². The van der Waals surface area contributed by atoms with Gasteiger partial charge in [0, 0.05) is 12.6 Å². The monoisotopic (exact) mass is 211 g/mol. The first-order valence-corrected chi connectivity index (χ1v) is 4.06.